The Bertz CT molecular complexity index is 2250. The maximum Gasteiger partial charge on any atom is 3.00 e. The zero-order chi connectivity index (χ0) is 39.4. The molecule has 0 aliphatic heterocycles. The van der Waals surface area contributed by atoms with Crippen LogP contribution in [0.1, 0.15) is 0 Å². The molecule has 0 fully saturated rings. The first-order chi connectivity index (χ1) is 27.0. The van der Waals surface area contributed by atoms with E-state index in [0.29, 0.717) is 0 Å². The molecule has 0 amide bonds. The summed E-state index contributed by atoms with van der Waals surface area (Å²) in [7, 11) is -2.59. The van der Waals surface area contributed by atoms with Gasteiger partial charge in [-0.05, 0) is 46.4 Å². The topological polar surface area (TPSA) is 38.7 Å². The van der Waals surface area contributed by atoms with Crippen LogP contribution in [0.25, 0.3) is 56.0 Å². The van der Waals surface area contributed by atoms with Gasteiger partial charge < -0.3 is 15.0 Å². The summed E-state index contributed by atoms with van der Waals surface area (Å²) in [5.41, 5.74) is 11.0. The van der Waals surface area contributed by atoms with Crippen molar-refractivity contribution in [2.24, 2.45) is 0 Å². The third-order valence-electron chi connectivity index (χ3n) is 9.26. The number of aromatic nitrogens is 3. The fraction of sp³-hybridized carbons (Fsp3) is 0.118. The predicted molar refractivity (Wildman–Crippen MR) is 242 cm³/mol. The molecule has 8 aromatic rings. The summed E-state index contributed by atoms with van der Waals surface area (Å²) >= 11 is 0. The Morgan fingerprint density at radius 3 is 1.11 bits per heavy atom. The van der Waals surface area contributed by atoms with Crippen LogP contribution in [-0.4, -0.2) is 31.1 Å². The van der Waals surface area contributed by atoms with Gasteiger partial charge in [-0.15, -0.1) is 107 Å². The van der Waals surface area contributed by atoms with Crippen LogP contribution in [0.15, 0.2) is 182 Å². The summed E-state index contributed by atoms with van der Waals surface area (Å²) in [6.07, 6.45) is 5.43. The van der Waals surface area contributed by atoms with Crippen molar-refractivity contribution >= 4 is 26.5 Å². The number of hydrogen-bond donors (Lipinski definition) is 0. The Hall–Kier alpha value is -5.37. The molecule has 284 valence electrons. The van der Waals surface area contributed by atoms with E-state index >= 15 is 0 Å². The third-order valence-corrected chi connectivity index (χ3v) is 13.3. The molecular weight excluding hydrogens is 903 g/mol. The molecule has 0 saturated carbocycles. The van der Waals surface area contributed by atoms with Crippen molar-refractivity contribution in [3.63, 3.8) is 0 Å². The van der Waals surface area contributed by atoms with Crippen LogP contribution in [0.3, 0.4) is 0 Å². The van der Waals surface area contributed by atoms with E-state index in [2.05, 4.69) is 145 Å². The second-order valence-electron chi connectivity index (χ2n) is 15.6. The van der Waals surface area contributed by atoms with Gasteiger partial charge in [0.1, 0.15) is 0 Å². The molecule has 57 heavy (non-hydrogen) atoms. The maximum atomic E-state index is 4.42. The zero-order valence-corrected chi connectivity index (χ0v) is 37.9. The maximum absolute atomic E-state index is 4.42. The molecule has 0 aliphatic carbocycles. The van der Waals surface area contributed by atoms with E-state index in [1.54, 1.807) is 6.20 Å². The first kappa shape index (κ1) is 42.8. The van der Waals surface area contributed by atoms with Gasteiger partial charge >= 0.3 is 20.1 Å². The first-order valence-electron chi connectivity index (χ1n) is 19.0. The zero-order valence-electron chi connectivity index (χ0n) is 33.5. The van der Waals surface area contributed by atoms with Crippen molar-refractivity contribution in [3.05, 3.63) is 201 Å². The minimum atomic E-state index is -1.30. The number of nitrogens with zero attached hydrogens (tertiary/aromatic N) is 3. The van der Waals surface area contributed by atoms with Gasteiger partial charge in [0.15, 0.2) is 0 Å². The van der Waals surface area contributed by atoms with Crippen molar-refractivity contribution in [2.45, 2.75) is 39.3 Å². The van der Waals surface area contributed by atoms with E-state index in [4.69, 9.17) is 0 Å². The average molecular weight is 951 g/mol. The van der Waals surface area contributed by atoms with Crippen LogP contribution >= 0.6 is 0 Å². The fourth-order valence-electron chi connectivity index (χ4n) is 6.04. The Morgan fingerprint density at radius 1 is 0.351 bits per heavy atom. The SMILES string of the molecule is C[Si](C)(C)c1cccc(-c2cc[c-]c(-c3ccccn3)c2)c1.C[Si](C)(C)c1cccc(-c2cc[c-]c(-c3ccccn3)c2)c1.[Ir+3].[c-]1ccccc1-c1ccccn1. The molecule has 0 bridgehead atoms. The smallest absolute Gasteiger partial charge is 0.305 e. The summed E-state index contributed by atoms with van der Waals surface area (Å²) in [4.78, 5) is 13.1. The van der Waals surface area contributed by atoms with E-state index in [-0.39, 0.29) is 20.1 Å². The predicted octanol–water partition coefficient (Wildman–Crippen LogP) is 12.1. The monoisotopic (exact) mass is 951 g/mol. The Kier molecular flexibility index (Phi) is 15.1. The van der Waals surface area contributed by atoms with Crippen molar-refractivity contribution in [3.8, 4) is 56.0 Å². The molecule has 6 heteroatoms. The van der Waals surface area contributed by atoms with Gasteiger partial charge in [-0.25, -0.2) is 0 Å². The van der Waals surface area contributed by atoms with Crippen LogP contribution in [0, 0.1) is 18.2 Å². The molecule has 0 atom stereocenters. The van der Waals surface area contributed by atoms with E-state index < -0.39 is 16.1 Å². The van der Waals surface area contributed by atoms with Gasteiger partial charge in [0.2, 0.25) is 0 Å². The normalized spacial score (nSPS) is 10.8. The number of pyridine rings is 3. The molecule has 0 aliphatic rings. The molecule has 8 rings (SSSR count). The quantitative estimate of drug-likeness (QED) is 0.118. The molecule has 0 spiro atoms. The van der Waals surface area contributed by atoms with Crippen LogP contribution < -0.4 is 10.4 Å². The number of rotatable bonds is 7. The van der Waals surface area contributed by atoms with Crippen molar-refractivity contribution < 1.29 is 20.1 Å². The second-order valence-corrected chi connectivity index (χ2v) is 25.7. The minimum absolute atomic E-state index is 0. The van der Waals surface area contributed by atoms with E-state index in [1.807, 2.05) is 103 Å². The molecule has 0 N–H and O–H groups in total. The van der Waals surface area contributed by atoms with Crippen molar-refractivity contribution in [1.82, 2.24) is 15.0 Å². The molecule has 3 nitrogen and oxygen atoms in total. The van der Waals surface area contributed by atoms with Gasteiger partial charge in [-0.3, -0.25) is 0 Å². The Balaban J connectivity index is 0.000000169. The van der Waals surface area contributed by atoms with Crippen LogP contribution in [0.5, 0.6) is 0 Å². The van der Waals surface area contributed by atoms with Gasteiger partial charge in [0, 0.05) is 18.6 Å². The Morgan fingerprint density at radius 2 is 0.737 bits per heavy atom. The van der Waals surface area contributed by atoms with E-state index in [0.717, 1.165) is 33.8 Å². The molecule has 3 aromatic heterocycles. The molecule has 3 heterocycles. The third kappa shape index (κ3) is 12.3. The summed E-state index contributed by atoms with van der Waals surface area (Å²) < 4.78 is 0. The first-order valence-corrected chi connectivity index (χ1v) is 26.0. The van der Waals surface area contributed by atoms with Crippen molar-refractivity contribution in [2.75, 3.05) is 0 Å². The van der Waals surface area contributed by atoms with Gasteiger partial charge in [0.25, 0.3) is 0 Å². The van der Waals surface area contributed by atoms with Crippen molar-refractivity contribution in [1.29, 1.82) is 0 Å². The summed E-state index contributed by atoms with van der Waals surface area (Å²) in [6, 6.07) is 65.8. The van der Waals surface area contributed by atoms with E-state index in [1.165, 1.54) is 32.6 Å². The van der Waals surface area contributed by atoms with Crippen LogP contribution in [0.4, 0.5) is 0 Å². The molecular formula is C51H48IrN3Si2. The molecule has 0 unspecified atom stereocenters. The largest absolute Gasteiger partial charge is 3.00 e. The van der Waals surface area contributed by atoms with Crippen LogP contribution in [0.2, 0.25) is 39.3 Å². The Labute approximate surface area is 355 Å². The van der Waals surface area contributed by atoms with E-state index in [9.17, 15) is 0 Å². The number of hydrogen-bond acceptors (Lipinski definition) is 3. The fourth-order valence-corrected chi connectivity index (χ4v) is 8.41. The summed E-state index contributed by atoms with van der Waals surface area (Å²) in [5, 5.41) is 2.97. The standard InChI is InChI=1S/2C20H20NSi.C11H8N.Ir/c2*1-22(2,3)19-11-7-9-17(15-19)16-8-6-10-18(14-16)20-12-4-5-13-21-20;1-2-6-10(7-3-1)11-8-4-5-9-12-11;/h2*4-9,11-15H,1-3H3;1-6,8-9H;/q3*-1;+3. The minimum Gasteiger partial charge on any atom is -0.305 e. The van der Waals surface area contributed by atoms with Gasteiger partial charge in [-0.1, -0.05) is 135 Å². The average Bonchev–Trinajstić information content (AvgIpc) is 3.25. The van der Waals surface area contributed by atoms with Crippen LogP contribution in [-0.2, 0) is 20.1 Å². The second kappa shape index (κ2) is 20.2. The molecule has 0 saturated heterocycles. The summed E-state index contributed by atoms with van der Waals surface area (Å²) in [6.45, 7) is 14.3. The molecule has 5 aromatic carbocycles. The number of benzene rings is 5. The van der Waals surface area contributed by atoms with Gasteiger partial charge in [0.05, 0.1) is 16.1 Å². The molecule has 0 radical (unpaired) electrons. The van der Waals surface area contributed by atoms with Gasteiger partial charge in [-0.2, -0.15) is 0 Å². The summed E-state index contributed by atoms with van der Waals surface area (Å²) in [5.74, 6) is 0.